The molecule has 1 aliphatic carbocycles. The zero-order valence-electron chi connectivity index (χ0n) is 11.0. The molecule has 0 aliphatic heterocycles. The molecule has 0 aromatic heterocycles. The van der Waals surface area contributed by atoms with Crippen molar-refractivity contribution >= 4 is 5.91 Å². The molecule has 6 heteroatoms. The first-order valence-electron chi connectivity index (χ1n) is 6.70. The van der Waals surface area contributed by atoms with Crippen LogP contribution in [0.15, 0.2) is 18.2 Å². The summed E-state index contributed by atoms with van der Waals surface area (Å²) in [5.74, 6) is -1.59. The van der Waals surface area contributed by atoms with Crippen LogP contribution in [0.3, 0.4) is 0 Å². The van der Waals surface area contributed by atoms with E-state index in [9.17, 15) is 18.7 Å². The van der Waals surface area contributed by atoms with Gasteiger partial charge in [-0.1, -0.05) is 6.07 Å². The van der Waals surface area contributed by atoms with Gasteiger partial charge in [0.05, 0.1) is 11.7 Å². The Morgan fingerprint density at radius 3 is 2.60 bits per heavy atom. The monoisotopic (exact) mass is 284 g/mol. The fraction of sp³-hybridized carbons (Fsp3) is 0.500. The Hall–Kier alpha value is -1.53. The lowest BCUT2D eigenvalue weighted by atomic mass is 10.1. The van der Waals surface area contributed by atoms with Crippen LogP contribution in [-0.2, 0) is 4.79 Å². The molecule has 1 aliphatic rings. The van der Waals surface area contributed by atoms with Crippen molar-refractivity contribution in [2.75, 3.05) is 13.1 Å². The Labute approximate surface area is 116 Å². The molecule has 1 saturated carbocycles. The number of carbonyl (C=O) groups excluding carboxylic acids is 1. The maximum absolute atomic E-state index is 13.4. The van der Waals surface area contributed by atoms with E-state index >= 15 is 0 Å². The van der Waals surface area contributed by atoms with E-state index in [0.717, 1.165) is 25.0 Å². The van der Waals surface area contributed by atoms with Crippen LogP contribution in [0, 0.1) is 11.6 Å². The average Bonchev–Trinajstić information content (AvgIpc) is 3.18. The third kappa shape index (κ3) is 4.25. The summed E-state index contributed by atoms with van der Waals surface area (Å²) in [4.78, 5) is 11.4. The standard InChI is InChI=1S/C14H18F2N2O2/c15-10-2-1-3-11(16)14(10)12(19)8-17-7-6-13(20)18-9-4-5-9/h1-3,9,12,17,19H,4-8H2,(H,18,20). The number of halogens is 2. The minimum absolute atomic E-state index is 0.00539. The van der Waals surface area contributed by atoms with Crippen molar-refractivity contribution < 1.29 is 18.7 Å². The number of rotatable bonds is 7. The van der Waals surface area contributed by atoms with Crippen molar-refractivity contribution in [3.63, 3.8) is 0 Å². The Kier molecular flexibility index (Phi) is 5.03. The molecule has 0 spiro atoms. The van der Waals surface area contributed by atoms with Gasteiger partial charge in [-0.05, 0) is 25.0 Å². The SMILES string of the molecule is O=C(CCNCC(O)c1c(F)cccc1F)NC1CC1. The fourth-order valence-corrected chi connectivity index (χ4v) is 1.90. The number of hydrogen-bond donors (Lipinski definition) is 3. The molecule has 1 atom stereocenters. The molecule has 110 valence electrons. The Morgan fingerprint density at radius 1 is 1.35 bits per heavy atom. The van der Waals surface area contributed by atoms with Gasteiger partial charge < -0.3 is 15.7 Å². The largest absolute Gasteiger partial charge is 0.387 e. The summed E-state index contributed by atoms with van der Waals surface area (Å²) >= 11 is 0. The predicted octanol–water partition coefficient (Wildman–Crippen LogP) is 1.26. The fourth-order valence-electron chi connectivity index (χ4n) is 1.90. The Bertz CT molecular complexity index is 458. The summed E-state index contributed by atoms with van der Waals surface area (Å²) in [5.41, 5.74) is -0.345. The molecule has 1 aromatic rings. The molecule has 1 aromatic carbocycles. The van der Waals surface area contributed by atoms with Gasteiger partial charge in [0.2, 0.25) is 5.91 Å². The summed E-state index contributed by atoms with van der Waals surface area (Å²) in [5, 5.41) is 15.4. The smallest absolute Gasteiger partial charge is 0.221 e. The van der Waals surface area contributed by atoms with Gasteiger partial charge in [-0.25, -0.2) is 8.78 Å². The van der Waals surface area contributed by atoms with E-state index in [1.54, 1.807) is 0 Å². The molecular weight excluding hydrogens is 266 g/mol. The second kappa shape index (κ2) is 6.76. The number of nitrogens with one attached hydrogen (secondary N) is 2. The van der Waals surface area contributed by atoms with Crippen molar-refractivity contribution in [1.29, 1.82) is 0 Å². The van der Waals surface area contributed by atoms with Gasteiger partial charge in [0, 0.05) is 25.6 Å². The Balaban J connectivity index is 1.71. The normalized spacial score (nSPS) is 15.9. The molecular formula is C14H18F2N2O2. The summed E-state index contributed by atoms with van der Waals surface area (Å²) < 4.78 is 26.8. The van der Waals surface area contributed by atoms with Gasteiger partial charge in [0.25, 0.3) is 0 Å². The molecule has 1 unspecified atom stereocenters. The minimum atomic E-state index is -1.28. The lowest BCUT2D eigenvalue weighted by Gasteiger charge is -2.13. The molecule has 0 heterocycles. The molecule has 0 radical (unpaired) electrons. The first kappa shape index (κ1) is 14.9. The predicted molar refractivity (Wildman–Crippen MR) is 70.0 cm³/mol. The number of amides is 1. The van der Waals surface area contributed by atoms with Gasteiger partial charge in [-0.3, -0.25) is 4.79 Å². The van der Waals surface area contributed by atoms with Crippen LogP contribution in [0.4, 0.5) is 8.78 Å². The van der Waals surface area contributed by atoms with Gasteiger partial charge in [-0.15, -0.1) is 0 Å². The summed E-state index contributed by atoms with van der Waals surface area (Å²) in [7, 11) is 0. The molecule has 4 nitrogen and oxygen atoms in total. The van der Waals surface area contributed by atoms with Crippen molar-refractivity contribution in [3.8, 4) is 0 Å². The first-order valence-corrected chi connectivity index (χ1v) is 6.70. The zero-order chi connectivity index (χ0) is 14.5. The molecule has 1 fully saturated rings. The Morgan fingerprint density at radius 2 is 2.00 bits per heavy atom. The first-order chi connectivity index (χ1) is 9.58. The van der Waals surface area contributed by atoms with Crippen LogP contribution in [0.25, 0.3) is 0 Å². The topological polar surface area (TPSA) is 61.4 Å². The lowest BCUT2D eigenvalue weighted by molar-refractivity contribution is -0.121. The highest BCUT2D eigenvalue weighted by molar-refractivity contribution is 5.76. The van der Waals surface area contributed by atoms with Crippen LogP contribution in [0.5, 0.6) is 0 Å². The van der Waals surface area contributed by atoms with Crippen molar-refractivity contribution in [1.82, 2.24) is 10.6 Å². The highest BCUT2D eigenvalue weighted by Crippen LogP contribution is 2.20. The van der Waals surface area contributed by atoms with Gasteiger partial charge in [0.1, 0.15) is 11.6 Å². The van der Waals surface area contributed by atoms with Gasteiger partial charge in [0.15, 0.2) is 0 Å². The average molecular weight is 284 g/mol. The van der Waals surface area contributed by atoms with Crippen LogP contribution >= 0.6 is 0 Å². The van der Waals surface area contributed by atoms with E-state index < -0.39 is 17.7 Å². The molecule has 20 heavy (non-hydrogen) atoms. The number of aliphatic hydroxyl groups excluding tert-OH is 1. The third-order valence-electron chi connectivity index (χ3n) is 3.14. The lowest BCUT2D eigenvalue weighted by Crippen LogP contribution is -2.31. The molecule has 3 N–H and O–H groups in total. The van der Waals surface area contributed by atoms with Crippen LogP contribution in [-0.4, -0.2) is 30.1 Å². The summed E-state index contributed by atoms with van der Waals surface area (Å²) in [6.07, 6.45) is 1.07. The molecule has 2 rings (SSSR count). The molecule has 0 saturated heterocycles. The second-order valence-corrected chi connectivity index (χ2v) is 4.95. The van der Waals surface area contributed by atoms with Crippen molar-refractivity contribution in [3.05, 3.63) is 35.4 Å². The van der Waals surface area contributed by atoms with Gasteiger partial charge >= 0.3 is 0 Å². The maximum atomic E-state index is 13.4. The van der Waals surface area contributed by atoms with Crippen molar-refractivity contribution in [2.24, 2.45) is 0 Å². The number of aliphatic hydroxyl groups is 1. The minimum Gasteiger partial charge on any atom is -0.387 e. The van der Waals surface area contributed by atoms with Crippen molar-refractivity contribution in [2.45, 2.75) is 31.4 Å². The molecule has 0 bridgehead atoms. The van der Waals surface area contributed by atoms with E-state index in [4.69, 9.17) is 0 Å². The van der Waals surface area contributed by atoms with Crippen LogP contribution in [0.2, 0.25) is 0 Å². The van der Waals surface area contributed by atoms with E-state index in [-0.39, 0.29) is 24.4 Å². The van der Waals surface area contributed by atoms with E-state index in [2.05, 4.69) is 10.6 Å². The number of benzene rings is 1. The highest BCUT2D eigenvalue weighted by Gasteiger charge is 2.23. The van der Waals surface area contributed by atoms with Crippen LogP contribution in [0.1, 0.15) is 30.9 Å². The summed E-state index contributed by atoms with van der Waals surface area (Å²) in [6.45, 7) is 0.347. The van der Waals surface area contributed by atoms with Gasteiger partial charge in [-0.2, -0.15) is 0 Å². The van der Waals surface area contributed by atoms with E-state index in [1.807, 2.05) is 0 Å². The third-order valence-corrected chi connectivity index (χ3v) is 3.14. The van der Waals surface area contributed by atoms with Crippen LogP contribution < -0.4 is 10.6 Å². The van der Waals surface area contributed by atoms with E-state index in [1.165, 1.54) is 6.07 Å². The maximum Gasteiger partial charge on any atom is 0.221 e. The summed E-state index contributed by atoms with van der Waals surface area (Å²) in [6, 6.07) is 3.77. The number of hydrogen-bond acceptors (Lipinski definition) is 3. The second-order valence-electron chi connectivity index (χ2n) is 4.95. The molecule has 1 amide bonds. The van der Waals surface area contributed by atoms with E-state index in [0.29, 0.717) is 12.6 Å². The number of carbonyl (C=O) groups is 1. The highest BCUT2D eigenvalue weighted by atomic mass is 19.1. The quantitative estimate of drug-likeness (QED) is 0.661. The zero-order valence-corrected chi connectivity index (χ0v) is 11.0.